The highest BCUT2D eigenvalue weighted by atomic mass is 16.2. The van der Waals surface area contributed by atoms with Crippen molar-refractivity contribution in [3.63, 3.8) is 0 Å². The average molecular weight is 478 g/mol. The van der Waals surface area contributed by atoms with Crippen LogP contribution < -0.4 is 5.32 Å². The van der Waals surface area contributed by atoms with E-state index in [-0.39, 0.29) is 42.6 Å². The molecule has 7 heteroatoms. The third kappa shape index (κ3) is 6.15. The van der Waals surface area contributed by atoms with E-state index >= 15 is 0 Å². The SMILES string of the molecule is CC[C@@H](C)NC(=O)[C@@H](CC)N(Cc1ccc(C)cc1)C(=O)CCCN1C(=O)c2ccccc2C1=O. The second kappa shape index (κ2) is 11.8. The zero-order valence-electron chi connectivity index (χ0n) is 21.0. The van der Waals surface area contributed by atoms with E-state index in [2.05, 4.69) is 5.32 Å². The van der Waals surface area contributed by atoms with Gasteiger partial charge in [-0.25, -0.2) is 0 Å². The zero-order chi connectivity index (χ0) is 25.5. The van der Waals surface area contributed by atoms with Crippen molar-refractivity contribution in [2.75, 3.05) is 6.54 Å². The highest BCUT2D eigenvalue weighted by Crippen LogP contribution is 2.23. The number of benzene rings is 2. The van der Waals surface area contributed by atoms with Crippen molar-refractivity contribution < 1.29 is 19.2 Å². The number of nitrogens with one attached hydrogen (secondary N) is 1. The first-order valence-corrected chi connectivity index (χ1v) is 12.4. The predicted molar refractivity (Wildman–Crippen MR) is 135 cm³/mol. The van der Waals surface area contributed by atoms with Gasteiger partial charge in [0.15, 0.2) is 0 Å². The molecule has 3 rings (SSSR count). The number of fused-ring (bicyclic) bond motifs is 1. The van der Waals surface area contributed by atoms with Crippen molar-refractivity contribution in [2.45, 2.75) is 72.0 Å². The fraction of sp³-hybridized carbons (Fsp3) is 0.429. The van der Waals surface area contributed by atoms with Crippen molar-refractivity contribution in [1.29, 1.82) is 0 Å². The Kier molecular flexibility index (Phi) is 8.79. The van der Waals surface area contributed by atoms with Crippen LogP contribution in [0.3, 0.4) is 0 Å². The first kappa shape index (κ1) is 26.1. The van der Waals surface area contributed by atoms with Gasteiger partial charge < -0.3 is 10.2 Å². The van der Waals surface area contributed by atoms with E-state index in [4.69, 9.17) is 0 Å². The molecule has 0 aromatic heterocycles. The molecule has 2 aromatic carbocycles. The molecule has 0 fully saturated rings. The Balaban J connectivity index is 1.71. The highest BCUT2D eigenvalue weighted by Gasteiger charge is 2.35. The molecule has 0 radical (unpaired) electrons. The smallest absolute Gasteiger partial charge is 0.261 e. The van der Waals surface area contributed by atoms with Gasteiger partial charge in [0.2, 0.25) is 11.8 Å². The first-order valence-electron chi connectivity index (χ1n) is 12.4. The largest absolute Gasteiger partial charge is 0.352 e. The molecule has 1 heterocycles. The summed E-state index contributed by atoms with van der Waals surface area (Å²) >= 11 is 0. The van der Waals surface area contributed by atoms with Gasteiger partial charge in [-0.2, -0.15) is 0 Å². The van der Waals surface area contributed by atoms with Crippen LogP contribution in [0.25, 0.3) is 0 Å². The molecule has 4 amide bonds. The van der Waals surface area contributed by atoms with Crippen LogP contribution >= 0.6 is 0 Å². The predicted octanol–water partition coefficient (Wildman–Crippen LogP) is 4.09. The quantitative estimate of drug-likeness (QED) is 0.494. The second-order valence-corrected chi connectivity index (χ2v) is 9.16. The minimum atomic E-state index is -0.600. The first-order chi connectivity index (χ1) is 16.8. The number of carbonyl (C=O) groups excluding carboxylic acids is 4. The van der Waals surface area contributed by atoms with E-state index in [0.717, 1.165) is 17.5 Å². The summed E-state index contributed by atoms with van der Waals surface area (Å²) in [5.41, 5.74) is 2.86. The molecule has 2 aromatic rings. The van der Waals surface area contributed by atoms with E-state index in [1.807, 2.05) is 52.0 Å². The Morgan fingerprint density at radius 1 is 0.943 bits per heavy atom. The van der Waals surface area contributed by atoms with Gasteiger partial charge in [-0.1, -0.05) is 55.8 Å². The Morgan fingerprint density at radius 2 is 1.54 bits per heavy atom. The van der Waals surface area contributed by atoms with E-state index in [1.165, 1.54) is 4.90 Å². The Bertz CT molecular complexity index is 1040. The molecule has 35 heavy (non-hydrogen) atoms. The summed E-state index contributed by atoms with van der Waals surface area (Å²) < 4.78 is 0. The Hall–Kier alpha value is -3.48. The van der Waals surface area contributed by atoms with Crippen LogP contribution in [0.5, 0.6) is 0 Å². The number of aryl methyl sites for hydroxylation is 1. The van der Waals surface area contributed by atoms with Crippen LogP contribution in [0.4, 0.5) is 0 Å². The fourth-order valence-electron chi connectivity index (χ4n) is 4.23. The zero-order valence-corrected chi connectivity index (χ0v) is 21.0. The van der Waals surface area contributed by atoms with Gasteiger partial charge in [0.1, 0.15) is 6.04 Å². The molecule has 0 unspecified atom stereocenters. The molecule has 0 spiro atoms. The molecule has 1 N–H and O–H groups in total. The molecule has 0 saturated heterocycles. The Labute approximate surface area is 207 Å². The fourth-order valence-corrected chi connectivity index (χ4v) is 4.23. The maximum Gasteiger partial charge on any atom is 0.261 e. The summed E-state index contributed by atoms with van der Waals surface area (Å²) in [6.07, 6.45) is 1.75. The highest BCUT2D eigenvalue weighted by molar-refractivity contribution is 6.21. The van der Waals surface area contributed by atoms with Crippen molar-refractivity contribution in [2.24, 2.45) is 0 Å². The average Bonchev–Trinajstić information content (AvgIpc) is 3.09. The van der Waals surface area contributed by atoms with Crippen LogP contribution in [0.15, 0.2) is 48.5 Å². The maximum atomic E-state index is 13.4. The van der Waals surface area contributed by atoms with Gasteiger partial charge in [0.05, 0.1) is 11.1 Å². The molecule has 2 atom stereocenters. The van der Waals surface area contributed by atoms with Gasteiger partial charge in [-0.05, 0) is 50.8 Å². The molecule has 0 bridgehead atoms. The molecular weight excluding hydrogens is 442 g/mol. The Morgan fingerprint density at radius 3 is 2.09 bits per heavy atom. The third-order valence-corrected chi connectivity index (χ3v) is 6.51. The lowest BCUT2D eigenvalue weighted by atomic mass is 10.1. The summed E-state index contributed by atoms with van der Waals surface area (Å²) in [5.74, 6) is -0.987. The topological polar surface area (TPSA) is 86.8 Å². The number of carbonyl (C=O) groups is 4. The number of imide groups is 1. The van der Waals surface area contributed by atoms with Crippen molar-refractivity contribution in [3.05, 3.63) is 70.8 Å². The third-order valence-electron chi connectivity index (χ3n) is 6.51. The van der Waals surface area contributed by atoms with Crippen LogP contribution in [0, 0.1) is 6.92 Å². The van der Waals surface area contributed by atoms with Gasteiger partial charge in [-0.3, -0.25) is 24.1 Å². The van der Waals surface area contributed by atoms with Gasteiger partial charge in [0.25, 0.3) is 11.8 Å². The lowest BCUT2D eigenvalue weighted by Gasteiger charge is -2.31. The molecule has 7 nitrogen and oxygen atoms in total. The molecule has 186 valence electrons. The number of hydrogen-bond acceptors (Lipinski definition) is 4. The van der Waals surface area contributed by atoms with Crippen LogP contribution in [0.2, 0.25) is 0 Å². The summed E-state index contributed by atoms with van der Waals surface area (Å²) in [5, 5.41) is 3.00. The van der Waals surface area contributed by atoms with Crippen LogP contribution in [-0.4, -0.2) is 52.1 Å². The van der Waals surface area contributed by atoms with E-state index < -0.39 is 6.04 Å². The van der Waals surface area contributed by atoms with Gasteiger partial charge >= 0.3 is 0 Å². The number of hydrogen-bond donors (Lipinski definition) is 1. The molecular formula is C28H35N3O4. The molecule has 0 aliphatic carbocycles. The van der Waals surface area contributed by atoms with E-state index in [0.29, 0.717) is 30.5 Å². The summed E-state index contributed by atoms with van der Waals surface area (Å²) in [6, 6.07) is 14.1. The standard InChI is InChI=1S/C28H35N3O4/c1-5-20(4)29-26(33)24(6-2)31(18-21-15-13-19(3)14-16-21)25(32)12-9-17-30-27(34)22-10-7-8-11-23(22)28(30)35/h7-8,10-11,13-16,20,24H,5-6,9,12,17-18H2,1-4H3,(H,29,33)/t20-,24-/m1/s1. The van der Waals surface area contributed by atoms with Crippen molar-refractivity contribution in [3.8, 4) is 0 Å². The van der Waals surface area contributed by atoms with E-state index in [9.17, 15) is 19.2 Å². The lowest BCUT2D eigenvalue weighted by molar-refractivity contribution is -0.141. The molecule has 0 saturated carbocycles. The van der Waals surface area contributed by atoms with Crippen molar-refractivity contribution >= 4 is 23.6 Å². The number of rotatable bonds is 11. The normalized spacial score (nSPS) is 14.5. The monoisotopic (exact) mass is 477 g/mol. The second-order valence-electron chi connectivity index (χ2n) is 9.16. The van der Waals surface area contributed by atoms with Crippen LogP contribution in [-0.2, 0) is 16.1 Å². The lowest BCUT2D eigenvalue weighted by Crippen LogP contribution is -2.50. The van der Waals surface area contributed by atoms with Crippen molar-refractivity contribution in [1.82, 2.24) is 15.1 Å². The van der Waals surface area contributed by atoms with Gasteiger partial charge in [-0.15, -0.1) is 0 Å². The molecule has 1 aliphatic heterocycles. The minimum Gasteiger partial charge on any atom is -0.352 e. The summed E-state index contributed by atoms with van der Waals surface area (Å²) in [7, 11) is 0. The van der Waals surface area contributed by atoms with E-state index in [1.54, 1.807) is 29.2 Å². The van der Waals surface area contributed by atoms with Gasteiger partial charge in [0, 0.05) is 25.6 Å². The number of nitrogens with zero attached hydrogens (tertiary/aromatic N) is 2. The van der Waals surface area contributed by atoms with Crippen LogP contribution in [0.1, 0.15) is 78.3 Å². The molecule has 1 aliphatic rings. The maximum absolute atomic E-state index is 13.4. The number of amides is 4. The minimum absolute atomic E-state index is 0.0155. The summed E-state index contributed by atoms with van der Waals surface area (Å²) in [6.45, 7) is 8.32. The summed E-state index contributed by atoms with van der Waals surface area (Å²) in [4.78, 5) is 54.5.